The number of carbonyl (C=O) groups excluding carboxylic acids is 1. The van der Waals surface area contributed by atoms with E-state index >= 15 is 0 Å². The number of ether oxygens (including phenoxy) is 2. The number of rotatable bonds is 5. The van der Waals surface area contributed by atoms with Crippen LogP contribution in [0, 0.1) is 0 Å². The van der Waals surface area contributed by atoms with E-state index in [0.29, 0.717) is 39.4 Å². The number of halogens is 1. The third kappa shape index (κ3) is 9.30. The lowest BCUT2D eigenvalue weighted by molar-refractivity contribution is 0.194. The molecule has 1 aliphatic rings. The minimum Gasteiger partial charge on any atom is -0.492 e. The summed E-state index contributed by atoms with van der Waals surface area (Å²) in [6.07, 6.45) is 9.04. The van der Waals surface area contributed by atoms with Crippen molar-refractivity contribution in [1.82, 2.24) is 9.78 Å². The fraction of sp³-hybridized carbons (Fsp3) is 0.481. The highest BCUT2D eigenvalue weighted by Gasteiger charge is 2.22. The number of aromatic nitrogens is 2. The van der Waals surface area contributed by atoms with E-state index in [4.69, 9.17) is 21.1 Å². The van der Waals surface area contributed by atoms with Crippen molar-refractivity contribution in [3.05, 3.63) is 59.0 Å². The maximum Gasteiger partial charge on any atom is 0.418 e. The molecule has 1 aromatic carbocycles. The molecule has 1 heterocycles. The summed E-state index contributed by atoms with van der Waals surface area (Å²) in [6.45, 7) is 15.2. The van der Waals surface area contributed by atoms with E-state index in [1.54, 1.807) is 22.9 Å². The van der Waals surface area contributed by atoms with Crippen LogP contribution in [0.4, 0.5) is 10.6 Å². The normalized spacial score (nSPS) is 13.5. The Morgan fingerprint density at radius 2 is 1.86 bits per heavy atom. The fourth-order valence-corrected chi connectivity index (χ4v) is 3.06. The van der Waals surface area contributed by atoms with Crippen LogP contribution in [0.5, 0.6) is 5.75 Å². The second-order valence-corrected chi connectivity index (χ2v) is 12.1. The molecule has 0 spiro atoms. The molecule has 2 aromatic rings. The van der Waals surface area contributed by atoms with Crippen LogP contribution in [-0.4, -0.2) is 33.5 Å². The fourth-order valence-electron chi connectivity index (χ4n) is 2.83. The monoisotopic (exact) mass is 519 g/mol. The Bertz CT molecular complexity index is 1060. The summed E-state index contributed by atoms with van der Waals surface area (Å²) in [4.78, 5) is 12.4. The summed E-state index contributed by atoms with van der Waals surface area (Å²) in [6, 6.07) is 7.24. The molecular weight excluding hydrogens is 482 g/mol. The summed E-state index contributed by atoms with van der Waals surface area (Å²) in [5, 5.41) is 7.96. The van der Waals surface area contributed by atoms with Crippen molar-refractivity contribution in [2.75, 3.05) is 18.2 Å². The minimum atomic E-state index is -0.568. The average Bonchev–Trinajstić information content (AvgIpc) is 3.20. The van der Waals surface area contributed by atoms with E-state index in [1.807, 2.05) is 43.0 Å². The van der Waals surface area contributed by atoms with Crippen LogP contribution in [0.2, 0.25) is 5.02 Å². The van der Waals surface area contributed by atoms with Crippen LogP contribution < -0.4 is 10.1 Å². The molecule has 0 radical (unpaired) electrons. The van der Waals surface area contributed by atoms with E-state index in [0.717, 1.165) is 18.5 Å². The molecule has 0 saturated heterocycles. The number of hydrogen-bond donors (Lipinski definition) is 1. The van der Waals surface area contributed by atoms with Crippen LogP contribution in [0.15, 0.2) is 48.3 Å². The van der Waals surface area contributed by atoms with Gasteiger partial charge in [-0.15, -0.1) is 0 Å². The number of allylic oxidation sites excluding steroid dienone is 3. The van der Waals surface area contributed by atoms with E-state index in [9.17, 15) is 4.79 Å². The molecule has 0 bridgehead atoms. The van der Waals surface area contributed by atoms with Gasteiger partial charge < -0.3 is 9.47 Å². The Morgan fingerprint density at radius 3 is 2.37 bits per heavy atom. The highest BCUT2D eigenvalue weighted by molar-refractivity contribution is 7.99. The van der Waals surface area contributed by atoms with Crippen LogP contribution in [-0.2, 0) is 10.2 Å². The predicted molar refractivity (Wildman–Crippen MR) is 148 cm³/mol. The highest BCUT2D eigenvalue weighted by atomic mass is 35.5. The SMILES string of the molecule is CCOc1ccc(-n2nc(C(C)(C)C)cc2NC(=O)OC2=CCCC=C2)cc1Cl.CSC(C)(C)C. The van der Waals surface area contributed by atoms with Crippen molar-refractivity contribution in [2.24, 2.45) is 0 Å². The second kappa shape index (κ2) is 12.5. The van der Waals surface area contributed by atoms with Crippen molar-refractivity contribution in [2.45, 2.75) is 71.5 Å². The molecule has 1 N–H and O–H groups in total. The van der Waals surface area contributed by atoms with Gasteiger partial charge in [-0.1, -0.05) is 59.2 Å². The van der Waals surface area contributed by atoms with Gasteiger partial charge in [0, 0.05) is 16.2 Å². The second-order valence-electron chi connectivity index (χ2n) is 10.0. The third-order valence-corrected chi connectivity index (χ3v) is 6.47. The van der Waals surface area contributed by atoms with Crippen molar-refractivity contribution in [3.8, 4) is 11.4 Å². The lowest BCUT2D eigenvalue weighted by Gasteiger charge is -2.14. The Balaban J connectivity index is 0.000000641. The molecular formula is C27H38ClN3O3S. The number of hydrogen-bond acceptors (Lipinski definition) is 5. The average molecular weight is 520 g/mol. The van der Waals surface area contributed by atoms with Gasteiger partial charge in [0.1, 0.15) is 17.3 Å². The van der Waals surface area contributed by atoms with Crippen molar-refractivity contribution in [3.63, 3.8) is 0 Å². The molecule has 1 amide bonds. The van der Waals surface area contributed by atoms with Crippen LogP contribution >= 0.6 is 23.4 Å². The van der Waals surface area contributed by atoms with E-state index < -0.39 is 6.09 Å². The number of amides is 1. The van der Waals surface area contributed by atoms with Gasteiger partial charge in [-0.3, -0.25) is 5.32 Å². The Hall–Kier alpha value is -2.38. The summed E-state index contributed by atoms with van der Waals surface area (Å²) in [5.74, 6) is 1.64. The maximum atomic E-state index is 12.4. The summed E-state index contributed by atoms with van der Waals surface area (Å²) in [5.41, 5.74) is 1.34. The number of benzene rings is 1. The Morgan fingerprint density at radius 1 is 1.17 bits per heavy atom. The number of anilines is 1. The first-order valence-electron chi connectivity index (χ1n) is 11.8. The van der Waals surface area contributed by atoms with Crippen LogP contribution in [0.1, 0.15) is 67.0 Å². The van der Waals surface area contributed by atoms with Gasteiger partial charge >= 0.3 is 6.09 Å². The van der Waals surface area contributed by atoms with E-state index in [-0.39, 0.29) is 5.41 Å². The largest absolute Gasteiger partial charge is 0.492 e. The first-order chi connectivity index (χ1) is 16.3. The zero-order valence-corrected chi connectivity index (χ0v) is 23.6. The first-order valence-corrected chi connectivity index (χ1v) is 13.4. The van der Waals surface area contributed by atoms with E-state index in [2.05, 4.69) is 58.2 Å². The van der Waals surface area contributed by atoms with Crippen LogP contribution in [0.3, 0.4) is 0 Å². The predicted octanol–water partition coefficient (Wildman–Crippen LogP) is 8.15. The molecule has 0 fully saturated rings. The molecule has 35 heavy (non-hydrogen) atoms. The van der Waals surface area contributed by atoms with Gasteiger partial charge in [-0.05, 0) is 56.4 Å². The topological polar surface area (TPSA) is 65.4 Å². The number of carbonyl (C=O) groups is 1. The molecule has 1 aromatic heterocycles. The van der Waals surface area contributed by atoms with Gasteiger partial charge in [0.05, 0.1) is 23.0 Å². The molecule has 0 atom stereocenters. The van der Waals surface area contributed by atoms with Gasteiger partial charge in [0.15, 0.2) is 0 Å². The summed E-state index contributed by atoms with van der Waals surface area (Å²) >= 11 is 8.23. The number of nitrogens with one attached hydrogen (secondary N) is 1. The molecule has 1 aliphatic carbocycles. The highest BCUT2D eigenvalue weighted by Crippen LogP contribution is 2.31. The molecule has 8 heteroatoms. The summed E-state index contributed by atoms with van der Waals surface area (Å²) in [7, 11) is 0. The maximum absolute atomic E-state index is 12.4. The van der Waals surface area contributed by atoms with Crippen molar-refractivity contribution in [1.29, 1.82) is 0 Å². The molecule has 3 rings (SSSR count). The molecule has 0 saturated carbocycles. The third-order valence-electron chi connectivity index (χ3n) is 4.95. The molecule has 6 nitrogen and oxygen atoms in total. The number of thioether (sulfide) groups is 1. The molecule has 0 aliphatic heterocycles. The Kier molecular flexibility index (Phi) is 10.3. The standard InChI is InChI=1S/C22H26ClN3O3.C5H12S/c1-5-28-18-12-11-15(13-17(18)23)26-20(14-19(25-26)22(2,3)4)24-21(27)29-16-9-7-6-8-10-16;1-5(2,3)6-4/h7,9-14H,5-6,8H2,1-4H3,(H,24,27);1-4H3. The van der Waals surface area contributed by atoms with Gasteiger partial charge in [-0.25, -0.2) is 9.48 Å². The first kappa shape index (κ1) is 28.9. The summed E-state index contributed by atoms with van der Waals surface area (Å²) < 4.78 is 13.0. The Labute approximate surface area is 219 Å². The van der Waals surface area contributed by atoms with Gasteiger partial charge in [0.25, 0.3) is 0 Å². The number of nitrogens with zero attached hydrogens (tertiary/aromatic N) is 2. The zero-order chi connectivity index (χ0) is 26.2. The van der Waals surface area contributed by atoms with Crippen molar-refractivity contribution < 1.29 is 14.3 Å². The van der Waals surface area contributed by atoms with E-state index in [1.165, 1.54) is 0 Å². The molecule has 192 valence electrons. The molecule has 0 unspecified atom stereocenters. The smallest absolute Gasteiger partial charge is 0.418 e. The lowest BCUT2D eigenvalue weighted by atomic mass is 9.92. The van der Waals surface area contributed by atoms with Gasteiger partial charge in [-0.2, -0.15) is 16.9 Å². The lowest BCUT2D eigenvalue weighted by Crippen LogP contribution is -2.16. The zero-order valence-electron chi connectivity index (χ0n) is 22.1. The van der Waals surface area contributed by atoms with Crippen LogP contribution in [0.25, 0.3) is 5.69 Å². The quantitative estimate of drug-likeness (QED) is 0.431. The minimum absolute atomic E-state index is 0.199. The van der Waals surface area contributed by atoms with Gasteiger partial charge in [0.2, 0.25) is 0 Å². The van der Waals surface area contributed by atoms with Crippen molar-refractivity contribution >= 4 is 35.3 Å².